The first-order chi connectivity index (χ1) is 9.20. The van der Waals surface area contributed by atoms with E-state index in [4.69, 9.17) is 0 Å². The predicted octanol–water partition coefficient (Wildman–Crippen LogP) is 3.27. The van der Waals surface area contributed by atoms with E-state index >= 15 is 0 Å². The van der Waals surface area contributed by atoms with E-state index in [2.05, 4.69) is 5.32 Å². The second-order valence-corrected chi connectivity index (χ2v) is 6.04. The van der Waals surface area contributed by atoms with Crippen LogP contribution in [0, 0.1) is 23.6 Å². The zero-order valence-corrected chi connectivity index (χ0v) is 11.1. The van der Waals surface area contributed by atoms with Crippen LogP contribution in [0.15, 0.2) is 24.3 Å². The van der Waals surface area contributed by atoms with Crippen molar-refractivity contribution in [2.45, 2.75) is 38.6 Å². The van der Waals surface area contributed by atoms with Crippen LogP contribution in [-0.2, 0) is 11.3 Å². The monoisotopic (exact) mass is 261 g/mol. The van der Waals surface area contributed by atoms with Gasteiger partial charge in [0.1, 0.15) is 5.82 Å². The highest BCUT2D eigenvalue weighted by molar-refractivity contribution is 5.76. The Labute approximate surface area is 113 Å². The Kier molecular flexibility index (Phi) is 3.54. The number of amides is 1. The van der Waals surface area contributed by atoms with E-state index in [0.29, 0.717) is 18.9 Å². The topological polar surface area (TPSA) is 29.1 Å². The molecule has 2 saturated carbocycles. The summed E-state index contributed by atoms with van der Waals surface area (Å²) in [5, 5.41) is 2.94. The molecule has 3 rings (SSSR count). The van der Waals surface area contributed by atoms with E-state index in [1.54, 1.807) is 12.1 Å². The summed E-state index contributed by atoms with van der Waals surface area (Å²) in [4.78, 5) is 11.9. The molecule has 2 bridgehead atoms. The van der Waals surface area contributed by atoms with Gasteiger partial charge in [0.25, 0.3) is 0 Å². The molecule has 2 nitrogen and oxygen atoms in total. The van der Waals surface area contributed by atoms with Gasteiger partial charge < -0.3 is 5.32 Å². The molecule has 2 aliphatic rings. The molecule has 2 aliphatic carbocycles. The molecule has 1 N–H and O–H groups in total. The Morgan fingerprint density at radius 2 is 2.00 bits per heavy atom. The van der Waals surface area contributed by atoms with Gasteiger partial charge in [-0.25, -0.2) is 4.39 Å². The average molecular weight is 261 g/mol. The number of fused-ring (bicyclic) bond motifs is 2. The standard InChI is InChI=1S/C16H20FNO/c17-15-5-2-11(3-6-15)10-18-16(19)9-14-8-12-1-4-13(14)7-12/h2-3,5-6,12-14H,1,4,7-10H2,(H,18,19). The van der Waals surface area contributed by atoms with Crippen molar-refractivity contribution in [3.63, 3.8) is 0 Å². The van der Waals surface area contributed by atoms with Gasteiger partial charge in [-0.05, 0) is 54.7 Å². The minimum Gasteiger partial charge on any atom is -0.352 e. The van der Waals surface area contributed by atoms with Crippen molar-refractivity contribution in [2.75, 3.05) is 0 Å². The highest BCUT2D eigenvalue weighted by Gasteiger charge is 2.39. The second kappa shape index (κ2) is 5.32. The summed E-state index contributed by atoms with van der Waals surface area (Å²) in [6, 6.07) is 6.29. The Bertz CT molecular complexity index is 456. The lowest BCUT2D eigenvalue weighted by Crippen LogP contribution is -2.26. The van der Waals surface area contributed by atoms with Crippen LogP contribution in [-0.4, -0.2) is 5.91 Å². The van der Waals surface area contributed by atoms with Gasteiger partial charge in [0.05, 0.1) is 0 Å². The van der Waals surface area contributed by atoms with Crippen LogP contribution in [0.25, 0.3) is 0 Å². The van der Waals surface area contributed by atoms with E-state index in [1.165, 1.54) is 37.8 Å². The molecular weight excluding hydrogens is 241 g/mol. The lowest BCUT2D eigenvalue weighted by molar-refractivity contribution is -0.122. The summed E-state index contributed by atoms with van der Waals surface area (Å²) in [6.07, 6.45) is 5.95. The zero-order chi connectivity index (χ0) is 13.2. The maximum Gasteiger partial charge on any atom is 0.220 e. The van der Waals surface area contributed by atoms with Gasteiger partial charge in [-0.2, -0.15) is 0 Å². The van der Waals surface area contributed by atoms with Crippen molar-refractivity contribution in [1.29, 1.82) is 0 Å². The van der Waals surface area contributed by atoms with E-state index in [0.717, 1.165) is 17.4 Å². The minimum absolute atomic E-state index is 0.141. The van der Waals surface area contributed by atoms with Gasteiger partial charge in [0.15, 0.2) is 0 Å². The summed E-state index contributed by atoms with van der Waals surface area (Å²) in [7, 11) is 0. The van der Waals surface area contributed by atoms with E-state index < -0.39 is 0 Å². The van der Waals surface area contributed by atoms with E-state index in [-0.39, 0.29) is 11.7 Å². The van der Waals surface area contributed by atoms with Crippen LogP contribution < -0.4 is 5.32 Å². The molecular formula is C16H20FNO. The van der Waals surface area contributed by atoms with Crippen LogP contribution >= 0.6 is 0 Å². The molecule has 1 amide bonds. The highest BCUT2D eigenvalue weighted by atomic mass is 19.1. The third kappa shape index (κ3) is 2.96. The molecule has 0 spiro atoms. The lowest BCUT2D eigenvalue weighted by atomic mass is 9.86. The SMILES string of the molecule is O=C(CC1CC2CCC1C2)NCc1ccc(F)cc1. The zero-order valence-electron chi connectivity index (χ0n) is 11.1. The third-order valence-electron chi connectivity index (χ3n) is 4.74. The Morgan fingerprint density at radius 1 is 1.21 bits per heavy atom. The molecule has 0 heterocycles. The summed E-state index contributed by atoms with van der Waals surface area (Å²) >= 11 is 0. The smallest absolute Gasteiger partial charge is 0.220 e. The van der Waals surface area contributed by atoms with Gasteiger partial charge >= 0.3 is 0 Å². The fraction of sp³-hybridized carbons (Fsp3) is 0.562. The summed E-state index contributed by atoms with van der Waals surface area (Å²) < 4.78 is 12.8. The molecule has 19 heavy (non-hydrogen) atoms. The molecule has 3 heteroatoms. The van der Waals surface area contributed by atoms with Crippen LogP contribution in [0.5, 0.6) is 0 Å². The first-order valence-corrected chi connectivity index (χ1v) is 7.22. The molecule has 0 aromatic heterocycles. The van der Waals surface area contributed by atoms with Crippen LogP contribution in [0.2, 0.25) is 0 Å². The number of halogens is 1. The van der Waals surface area contributed by atoms with Gasteiger partial charge in [0, 0.05) is 13.0 Å². The Hall–Kier alpha value is -1.38. The molecule has 3 atom stereocenters. The van der Waals surface area contributed by atoms with Crippen molar-refractivity contribution in [2.24, 2.45) is 17.8 Å². The summed E-state index contributed by atoms with van der Waals surface area (Å²) in [5.41, 5.74) is 0.947. The second-order valence-electron chi connectivity index (χ2n) is 6.04. The molecule has 0 saturated heterocycles. The van der Waals surface area contributed by atoms with Crippen LogP contribution in [0.4, 0.5) is 4.39 Å². The lowest BCUT2D eigenvalue weighted by Gasteiger charge is -2.20. The number of hydrogen-bond donors (Lipinski definition) is 1. The number of rotatable bonds is 4. The largest absolute Gasteiger partial charge is 0.352 e. The average Bonchev–Trinajstić information content (AvgIpc) is 3.00. The number of nitrogens with one attached hydrogen (secondary N) is 1. The van der Waals surface area contributed by atoms with Crippen molar-refractivity contribution in [3.8, 4) is 0 Å². The van der Waals surface area contributed by atoms with Gasteiger partial charge in [-0.15, -0.1) is 0 Å². The Balaban J connectivity index is 1.45. The maximum atomic E-state index is 12.8. The van der Waals surface area contributed by atoms with Crippen LogP contribution in [0.1, 0.15) is 37.7 Å². The molecule has 3 unspecified atom stereocenters. The molecule has 102 valence electrons. The highest BCUT2D eigenvalue weighted by Crippen LogP contribution is 2.49. The minimum atomic E-state index is -0.239. The Morgan fingerprint density at radius 3 is 2.63 bits per heavy atom. The number of hydrogen-bond acceptors (Lipinski definition) is 1. The first kappa shape index (κ1) is 12.6. The predicted molar refractivity (Wildman–Crippen MR) is 71.8 cm³/mol. The third-order valence-corrected chi connectivity index (χ3v) is 4.74. The van der Waals surface area contributed by atoms with Crippen molar-refractivity contribution in [1.82, 2.24) is 5.32 Å². The molecule has 2 fully saturated rings. The van der Waals surface area contributed by atoms with Crippen molar-refractivity contribution in [3.05, 3.63) is 35.6 Å². The van der Waals surface area contributed by atoms with Crippen LogP contribution in [0.3, 0.4) is 0 Å². The maximum absolute atomic E-state index is 12.8. The quantitative estimate of drug-likeness (QED) is 0.885. The van der Waals surface area contributed by atoms with Crippen molar-refractivity contribution >= 4 is 5.91 Å². The summed E-state index contributed by atoms with van der Waals surface area (Å²) in [6.45, 7) is 0.500. The van der Waals surface area contributed by atoms with Gasteiger partial charge in [-0.1, -0.05) is 18.6 Å². The summed E-state index contributed by atoms with van der Waals surface area (Å²) in [5.74, 6) is 2.19. The van der Waals surface area contributed by atoms with Gasteiger partial charge in [0.2, 0.25) is 5.91 Å². The molecule has 1 aromatic rings. The number of benzene rings is 1. The van der Waals surface area contributed by atoms with E-state index in [9.17, 15) is 9.18 Å². The fourth-order valence-corrected chi connectivity index (χ4v) is 3.74. The normalized spacial score (nSPS) is 28.6. The number of carbonyl (C=O) groups is 1. The van der Waals surface area contributed by atoms with E-state index in [1.807, 2.05) is 0 Å². The number of carbonyl (C=O) groups excluding carboxylic acids is 1. The van der Waals surface area contributed by atoms with Crippen molar-refractivity contribution < 1.29 is 9.18 Å². The fourth-order valence-electron chi connectivity index (χ4n) is 3.74. The van der Waals surface area contributed by atoms with Gasteiger partial charge in [-0.3, -0.25) is 4.79 Å². The molecule has 0 aliphatic heterocycles. The molecule has 1 aromatic carbocycles. The molecule has 0 radical (unpaired) electrons. The first-order valence-electron chi connectivity index (χ1n) is 7.22.